The lowest BCUT2D eigenvalue weighted by Gasteiger charge is -2.58. The molecule has 4 rings (SSSR count). The van der Waals surface area contributed by atoms with Crippen LogP contribution >= 0.6 is 0 Å². The summed E-state index contributed by atoms with van der Waals surface area (Å²) in [6.07, 6.45) is 10.7. The van der Waals surface area contributed by atoms with Gasteiger partial charge in [0.25, 0.3) is 0 Å². The summed E-state index contributed by atoms with van der Waals surface area (Å²) in [5, 5.41) is 0. The van der Waals surface area contributed by atoms with Gasteiger partial charge in [0.05, 0.1) is 0 Å². The Morgan fingerprint density at radius 2 is 1.44 bits per heavy atom. The lowest BCUT2D eigenvalue weighted by molar-refractivity contribution is -0.0723. The van der Waals surface area contributed by atoms with Crippen LogP contribution in [0.1, 0.15) is 65.7 Å². The Morgan fingerprint density at radius 3 is 1.78 bits per heavy atom. The second kappa shape index (κ2) is 4.23. The largest absolute Gasteiger partial charge is 0.330 e. The van der Waals surface area contributed by atoms with Crippen LogP contribution in [0.2, 0.25) is 0 Å². The first kappa shape index (κ1) is 13.0. The third-order valence-corrected chi connectivity index (χ3v) is 6.35. The highest BCUT2D eigenvalue weighted by Gasteiger charge is 2.51. The third kappa shape index (κ3) is 2.24. The lowest BCUT2D eigenvalue weighted by Crippen LogP contribution is -2.48. The molecule has 1 unspecified atom stereocenters. The van der Waals surface area contributed by atoms with E-state index in [0.29, 0.717) is 16.7 Å². The van der Waals surface area contributed by atoms with E-state index >= 15 is 0 Å². The zero-order valence-corrected chi connectivity index (χ0v) is 12.5. The molecule has 0 heterocycles. The van der Waals surface area contributed by atoms with E-state index in [4.69, 9.17) is 5.73 Å². The Labute approximate surface area is 113 Å². The molecule has 0 saturated heterocycles. The van der Waals surface area contributed by atoms with Gasteiger partial charge in [-0.3, -0.25) is 0 Å². The molecule has 0 radical (unpaired) electrons. The molecule has 4 bridgehead atoms. The molecule has 0 aromatic carbocycles. The summed E-state index contributed by atoms with van der Waals surface area (Å²) in [6.45, 7) is 8.02. The summed E-state index contributed by atoms with van der Waals surface area (Å²) in [7, 11) is 0. The van der Waals surface area contributed by atoms with Crippen molar-refractivity contribution in [2.75, 3.05) is 6.54 Å². The second-order valence-corrected chi connectivity index (χ2v) is 8.92. The molecule has 0 aliphatic heterocycles. The second-order valence-electron chi connectivity index (χ2n) is 8.92. The molecule has 0 aromatic heterocycles. The molecule has 0 aromatic rings. The minimum absolute atomic E-state index is 0.387. The molecule has 0 amide bonds. The molecular formula is C17H31N. The molecule has 4 fully saturated rings. The summed E-state index contributed by atoms with van der Waals surface area (Å²) in [5.74, 6) is 3.95. The van der Waals surface area contributed by atoms with Gasteiger partial charge in [0, 0.05) is 0 Å². The zero-order chi connectivity index (χ0) is 13.0. The fourth-order valence-electron chi connectivity index (χ4n) is 5.81. The van der Waals surface area contributed by atoms with Crippen molar-refractivity contribution in [1.82, 2.24) is 0 Å². The molecule has 1 heteroatoms. The monoisotopic (exact) mass is 249 g/mol. The van der Waals surface area contributed by atoms with Crippen LogP contribution in [0.4, 0.5) is 0 Å². The Kier molecular flexibility index (Phi) is 3.05. The summed E-state index contributed by atoms with van der Waals surface area (Å²) >= 11 is 0. The van der Waals surface area contributed by atoms with E-state index in [1.54, 1.807) is 19.3 Å². The van der Waals surface area contributed by atoms with Crippen LogP contribution in [0.3, 0.4) is 0 Å². The van der Waals surface area contributed by atoms with Gasteiger partial charge < -0.3 is 5.73 Å². The smallest absolute Gasteiger partial charge is 0.00437 e. The van der Waals surface area contributed by atoms with Gasteiger partial charge in [0.15, 0.2) is 0 Å². The topological polar surface area (TPSA) is 26.0 Å². The Morgan fingerprint density at radius 1 is 1.00 bits per heavy atom. The summed E-state index contributed by atoms with van der Waals surface area (Å²) < 4.78 is 0. The van der Waals surface area contributed by atoms with E-state index < -0.39 is 0 Å². The predicted molar refractivity (Wildman–Crippen MR) is 77.2 cm³/mol. The highest BCUT2D eigenvalue weighted by atomic mass is 14.6. The van der Waals surface area contributed by atoms with Crippen molar-refractivity contribution in [3.05, 3.63) is 0 Å². The minimum Gasteiger partial charge on any atom is -0.330 e. The molecule has 4 saturated carbocycles. The van der Waals surface area contributed by atoms with Gasteiger partial charge in [-0.2, -0.15) is 0 Å². The zero-order valence-electron chi connectivity index (χ0n) is 12.5. The van der Waals surface area contributed by atoms with Crippen LogP contribution in [0, 0.1) is 34.5 Å². The quantitative estimate of drug-likeness (QED) is 0.796. The van der Waals surface area contributed by atoms with E-state index in [1.807, 2.05) is 0 Å². The molecule has 1 atom stereocenters. The van der Waals surface area contributed by atoms with Gasteiger partial charge >= 0.3 is 0 Å². The maximum Gasteiger partial charge on any atom is -0.00437 e. The van der Waals surface area contributed by atoms with Crippen LogP contribution in [0.25, 0.3) is 0 Å². The highest BCUT2D eigenvalue weighted by Crippen LogP contribution is 2.62. The Bertz CT molecular complexity index is 277. The summed E-state index contributed by atoms with van der Waals surface area (Å²) in [6, 6.07) is 0. The minimum atomic E-state index is 0.387. The third-order valence-electron chi connectivity index (χ3n) is 6.35. The average molecular weight is 249 g/mol. The van der Waals surface area contributed by atoms with E-state index in [-0.39, 0.29) is 0 Å². The van der Waals surface area contributed by atoms with E-state index in [0.717, 1.165) is 24.3 Å². The highest BCUT2D eigenvalue weighted by molar-refractivity contribution is 5.02. The van der Waals surface area contributed by atoms with Crippen LogP contribution in [-0.2, 0) is 0 Å². The molecule has 1 nitrogen and oxygen atoms in total. The van der Waals surface area contributed by atoms with Crippen LogP contribution in [0.5, 0.6) is 0 Å². The van der Waals surface area contributed by atoms with E-state index in [1.165, 1.54) is 25.7 Å². The van der Waals surface area contributed by atoms with Crippen molar-refractivity contribution >= 4 is 0 Å². The van der Waals surface area contributed by atoms with Crippen molar-refractivity contribution in [3.63, 3.8) is 0 Å². The molecule has 4 aliphatic rings. The molecule has 2 N–H and O–H groups in total. The fourth-order valence-corrected chi connectivity index (χ4v) is 5.81. The Balaban J connectivity index is 1.75. The molecular weight excluding hydrogens is 218 g/mol. The van der Waals surface area contributed by atoms with Crippen molar-refractivity contribution in [3.8, 4) is 0 Å². The first-order valence-corrected chi connectivity index (χ1v) is 8.10. The van der Waals surface area contributed by atoms with Crippen LogP contribution in [0.15, 0.2) is 0 Å². The van der Waals surface area contributed by atoms with Gasteiger partial charge in [-0.25, -0.2) is 0 Å². The standard InChI is InChI=1S/C17H31N/c1-16(2,3)15(11-18)10-17-7-12-4-13(8-17)6-14(5-12)9-17/h12-15H,4-11,18H2,1-3H3. The van der Waals surface area contributed by atoms with Crippen molar-refractivity contribution in [1.29, 1.82) is 0 Å². The lowest BCUT2D eigenvalue weighted by atomic mass is 9.47. The molecule has 0 spiro atoms. The van der Waals surface area contributed by atoms with E-state index in [2.05, 4.69) is 20.8 Å². The molecule has 4 aliphatic carbocycles. The van der Waals surface area contributed by atoms with Crippen molar-refractivity contribution in [2.24, 2.45) is 40.2 Å². The van der Waals surface area contributed by atoms with Crippen molar-refractivity contribution in [2.45, 2.75) is 65.7 Å². The molecule has 18 heavy (non-hydrogen) atoms. The SMILES string of the molecule is CC(C)(C)C(CN)CC12CC3CC(CC(C3)C1)C2. The maximum atomic E-state index is 6.09. The van der Waals surface area contributed by atoms with Gasteiger partial charge in [-0.1, -0.05) is 20.8 Å². The number of hydrogen-bond acceptors (Lipinski definition) is 1. The fraction of sp³-hybridized carbons (Fsp3) is 1.00. The maximum absolute atomic E-state index is 6.09. The molecule has 104 valence electrons. The summed E-state index contributed by atoms with van der Waals surface area (Å²) in [4.78, 5) is 0. The van der Waals surface area contributed by atoms with Gasteiger partial charge in [-0.15, -0.1) is 0 Å². The normalized spacial score (nSPS) is 44.3. The Hall–Kier alpha value is -0.0400. The van der Waals surface area contributed by atoms with Gasteiger partial charge in [0.2, 0.25) is 0 Å². The predicted octanol–water partition coefficient (Wildman–Crippen LogP) is 4.21. The van der Waals surface area contributed by atoms with Crippen LogP contribution < -0.4 is 5.73 Å². The van der Waals surface area contributed by atoms with Gasteiger partial charge in [0.1, 0.15) is 0 Å². The van der Waals surface area contributed by atoms with E-state index in [9.17, 15) is 0 Å². The average Bonchev–Trinajstić information content (AvgIpc) is 2.22. The number of nitrogens with two attached hydrogens (primary N) is 1. The number of hydrogen-bond donors (Lipinski definition) is 1. The first-order valence-electron chi connectivity index (χ1n) is 8.10. The van der Waals surface area contributed by atoms with Crippen LogP contribution in [-0.4, -0.2) is 6.54 Å². The number of rotatable bonds is 3. The summed E-state index contributed by atoms with van der Waals surface area (Å²) in [5.41, 5.74) is 7.18. The first-order chi connectivity index (χ1) is 8.40. The van der Waals surface area contributed by atoms with Crippen molar-refractivity contribution < 1.29 is 0 Å². The van der Waals surface area contributed by atoms with Gasteiger partial charge in [-0.05, 0) is 86.0 Å².